The number of rotatable bonds is 5. The number of nitrogens with zero attached hydrogens (tertiary/aromatic N) is 3. The number of aromatic nitrogens is 2. The van der Waals surface area contributed by atoms with E-state index in [1.54, 1.807) is 6.07 Å². The van der Waals surface area contributed by atoms with Crippen LogP contribution in [0.25, 0.3) is 0 Å². The molecule has 1 aromatic carbocycles. The van der Waals surface area contributed by atoms with Crippen molar-refractivity contribution in [3.63, 3.8) is 0 Å². The molecule has 7 heteroatoms. The first-order chi connectivity index (χ1) is 11.6. The Morgan fingerprint density at radius 2 is 1.79 bits per heavy atom. The molecule has 1 aromatic heterocycles. The van der Waals surface area contributed by atoms with Gasteiger partial charge in [0.2, 0.25) is 0 Å². The second-order valence-corrected chi connectivity index (χ2v) is 6.51. The van der Waals surface area contributed by atoms with E-state index in [4.69, 9.17) is 11.6 Å². The molecule has 1 aliphatic heterocycles. The second kappa shape index (κ2) is 7.85. The van der Waals surface area contributed by atoms with Crippen LogP contribution in [0, 0.1) is 17.6 Å². The van der Waals surface area contributed by atoms with Gasteiger partial charge in [-0.15, -0.1) is 10.2 Å². The average Bonchev–Trinajstić information content (AvgIpc) is 2.55. The van der Waals surface area contributed by atoms with E-state index in [-0.39, 0.29) is 0 Å². The zero-order valence-electron chi connectivity index (χ0n) is 13.2. The summed E-state index contributed by atoms with van der Waals surface area (Å²) >= 11 is 5.71. The number of halogens is 3. The molecule has 0 bridgehead atoms. The molecular formula is C17H19ClF2N4. The summed E-state index contributed by atoms with van der Waals surface area (Å²) in [4.78, 5) is 2.23. The Kier molecular flexibility index (Phi) is 5.58. The van der Waals surface area contributed by atoms with Crippen LogP contribution >= 0.6 is 11.6 Å². The highest BCUT2D eigenvalue weighted by molar-refractivity contribution is 6.29. The molecule has 3 rings (SSSR count). The van der Waals surface area contributed by atoms with Gasteiger partial charge < -0.3 is 5.32 Å². The third-order valence-electron chi connectivity index (χ3n) is 4.24. The summed E-state index contributed by atoms with van der Waals surface area (Å²) in [5.74, 6) is 0.223. The quantitative estimate of drug-likeness (QED) is 0.890. The first-order valence-corrected chi connectivity index (χ1v) is 8.37. The molecule has 0 unspecified atom stereocenters. The van der Waals surface area contributed by atoms with Gasteiger partial charge in [-0.2, -0.15) is 0 Å². The molecular weight excluding hydrogens is 334 g/mol. The Balaban J connectivity index is 1.44. The lowest BCUT2D eigenvalue weighted by Gasteiger charge is -2.32. The van der Waals surface area contributed by atoms with Crippen LogP contribution in [0.1, 0.15) is 18.4 Å². The van der Waals surface area contributed by atoms with Gasteiger partial charge in [0.25, 0.3) is 0 Å². The molecule has 0 saturated carbocycles. The summed E-state index contributed by atoms with van der Waals surface area (Å²) in [6.07, 6.45) is 2.07. The minimum atomic E-state index is -0.520. The minimum Gasteiger partial charge on any atom is -0.368 e. The zero-order valence-corrected chi connectivity index (χ0v) is 13.9. The van der Waals surface area contributed by atoms with Crippen LogP contribution in [-0.4, -0.2) is 34.7 Å². The molecule has 1 saturated heterocycles. The van der Waals surface area contributed by atoms with Gasteiger partial charge in [0, 0.05) is 19.2 Å². The fourth-order valence-electron chi connectivity index (χ4n) is 2.97. The predicted molar refractivity (Wildman–Crippen MR) is 89.9 cm³/mol. The van der Waals surface area contributed by atoms with Crippen molar-refractivity contribution in [3.05, 3.63) is 52.7 Å². The molecule has 1 N–H and O–H groups in total. The van der Waals surface area contributed by atoms with Crippen LogP contribution in [-0.2, 0) is 6.54 Å². The van der Waals surface area contributed by atoms with Gasteiger partial charge in [0.05, 0.1) is 0 Å². The van der Waals surface area contributed by atoms with Crippen molar-refractivity contribution in [2.24, 2.45) is 5.92 Å². The normalized spacial score (nSPS) is 16.3. The maximum Gasteiger partial charge on any atom is 0.151 e. The van der Waals surface area contributed by atoms with Crippen molar-refractivity contribution in [1.29, 1.82) is 0 Å². The van der Waals surface area contributed by atoms with Crippen molar-refractivity contribution >= 4 is 17.4 Å². The lowest BCUT2D eigenvalue weighted by molar-refractivity contribution is 0.182. The molecule has 24 heavy (non-hydrogen) atoms. The smallest absolute Gasteiger partial charge is 0.151 e. The van der Waals surface area contributed by atoms with Gasteiger partial charge in [0.15, 0.2) is 5.15 Å². The summed E-state index contributed by atoms with van der Waals surface area (Å²) in [6, 6.07) is 7.22. The third-order valence-corrected chi connectivity index (χ3v) is 4.44. The number of benzene rings is 1. The molecule has 0 amide bonds. The van der Waals surface area contributed by atoms with Crippen molar-refractivity contribution in [2.75, 3.05) is 25.0 Å². The molecule has 0 spiro atoms. The molecule has 128 valence electrons. The van der Waals surface area contributed by atoms with Crippen molar-refractivity contribution in [3.8, 4) is 0 Å². The number of piperidine rings is 1. The van der Waals surface area contributed by atoms with E-state index in [2.05, 4.69) is 20.4 Å². The van der Waals surface area contributed by atoms with E-state index in [1.165, 1.54) is 12.1 Å². The Morgan fingerprint density at radius 1 is 1.08 bits per heavy atom. The molecule has 1 fully saturated rings. The number of hydrogen-bond donors (Lipinski definition) is 1. The lowest BCUT2D eigenvalue weighted by atomic mass is 9.96. The Bertz CT molecular complexity index is 653. The number of anilines is 1. The summed E-state index contributed by atoms with van der Waals surface area (Å²) in [5.41, 5.74) is 0.681. The fraction of sp³-hybridized carbons (Fsp3) is 0.412. The highest BCUT2D eigenvalue weighted by Gasteiger charge is 2.19. The van der Waals surface area contributed by atoms with Crippen LogP contribution in [0.4, 0.5) is 14.6 Å². The van der Waals surface area contributed by atoms with Crippen LogP contribution in [0.2, 0.25) is 5.15 Å². The van der Waals surface area contributed by atoms with E-state index in [0.717, 1.165) is 44.4 Å². The largest absolute Gasteiger partial charge is 0.368 e. The molecule has 0 radical (unpaired) electrons. The minimum absolute atomic E-state index is 0.377. The predicted octanol–water partition coefficient (Wildman–Crippen LogP) is 3.73. The van der Waals surface area contributed by atoms with Crippen molar-refractivity contribution in [2.45, 2.75) is 19.4 Å². The van der Waals surface area contributed by atoms with E-state index >= 15 is 0 Å². The maximum absolute atomic E-state index is 13.2. The van der Waals surface area contributed by atoms with Gasteiger partial charge >= 0.3 is 0 Å². The number of nitrogens with one attached hydrogen (secondary N) is 1. The Hall–Kier alpha value is -1.79. The van der Waals surface area contributed by atoms with Crippen molar-refractivity contribution < 1.29 is 8.78 Å². The molecule has 2 aromatic rings. The van der Waals surface area contributed by atoms with Crippen LogP contribution in [0.3, 0.4) is 0 Å². The van der Waals surface area contributed by atoms with Crippen LogP contribution in [0.5, 0.6) is 0 Å². The fourth-order valence-corrected chi connectivity index (χ4v) is 3.07. The third kappa shape index (κ3) is 4.85. The van der Waals surface area contributed by atoms with E-state index in [0.29, 0.717) is 23.2 Å². The second-order valence-electron chi connectivity index (χ2n) is 6.12. The summed E-state index contributed by atoms with van der Waals surface area (Å²) in [5, 5.41) is 11.4. The Morgan fingerprint density at radius 3 is 2.42 bits per heavy atom. The van der Waals surface area contributed by atoms with Gasteiger partial charge in [-0.3, -0.25) is 4.90 Å². The van der Waals surface area contributed by atoms with E-state index < -0.39 is 11.6 Å². The topological polar surface area (TPSA) is 41.0 Å². The van der Waals surface area contributed by atoms with E-state index in [1.807, 2.05) is 6.07 Å². The average molecular weight is 353 g/mol. The summed E-state index contributed by atoms with van der Waals surface area (Å²) in [6.45, 7) is 3.24. The molecule has 0 aliphatic carbocycles. The highest BCUT2D eigenvalue weighted by atomic mass is 35.5. The Labute approximate surface area is 144 Å². The number of likely N-dealkylation sites (tertiary alicyclic amines) is 1. The van der Waals surface area contributed by atoms with Crippen LogP contribution < -0.4 is 5.32 Å². The maximum atomic E-state index is 13.2. The van der Waals surface area contributed by atoms with Crippen LogP contribution in [0.15, 0.2) is 30.3 Å². The highest BCUT2D eigenvalue weighted by Crippen LogP contribution is 2.20. The monoisotopic (exact) mass is 352 g/mol. The molecule has 4 nitrogen and oxygen atoms in total. The number of hydrogen-bond acceptors (Lipinski definition) is 4. The first-order valence-electron chi connectivity index (χ1n) is 7.99. The van der Waals surface area contributed by atoms with Crippen molar-refractivity contribution in [1.82, 2.24) is 15.1 Å². The molecule has 1 aliphatic rings. The van der Waals surface area contributed by atoms with Gasteiger partial charge in [-0.05, 0) is 61.7 Å². The van der Waals surface area contributed by atoms with E-state index in [9.17, 15) is 8.78 Å². The molecule has 2 heterocycles. The molecule has 0 atom stereocenters. The summed E-state index contributed by atoms with van der Waals surface area (Å²) in [7, 11) is 0. The lowest BCUT2D eigenvalue weighted by Crippen LogP contribution is -2.35. The standard InChI is InChI=1S/C17H19ClF2N4/c18-16-1-2-17(23-22-16)21-10-12-3-5-24(6-4-12)11-13-7-14(19)9-15(20)8-13/h1-2,7-9,12H,3-6,10-11H2,(H,21,23). The van der Waals surface area contributed by atoms with Gasteiger partial charge in [-0.1, -0.05) is 11.6 Å². The van der Waals surface area contributed by atoms with Gasteiger partial charge in [-0.25, -0.2) is 8.78 Å². The van der Waals surface area contributed by atoms with Gasteiger partial charge in [0.1, 0.15) is 17.5 Å². The summed E-state index contributed by atoms with van der Waals surface area (Å²) < 4.78 is 26.5. The zero-order chi connectivity index (χ0) is 16.9. The SMILES string of the molecule is Fc1cc(F)cc(CN2CCC(CNc3ccc(Cl)nn3)CC2)c1. The first kappa shape index (κ1) is 17.0.